The van der Waals surface area contributed by atoms with E-state index < -0.39 is 291 Å². The van der Waals surface area contributed by atoms with Crippen LogP contribution < -0.4 is 83.7 Å². The zero-order valence-corrected chi connectivity index (χ0v) is 74.2. The lowest BCUT2D eigenvalue weighted by atomic mass is 9.86. The van der Waals surface area contributed by atoms with Crippen molar-refractivity contribution >= 4 is 83.1 Å². The fourth-order valence-corrected chi connectivity index (χ4v) is 16.8. The van der Waals surface area contributed by atoms with E-state index in [9.17, 15) is 88.8 Å². The molecule has 1 unspecified atom stereocenters. The summed E-state index contributed by atoms with van der Waals surface area (Å²) in [6.07, 6.45) is -36.5. The zero-order chi connectivity index (χ0) is 98.3. The maximum Gasteiger partial charge on any atom is 0.573 e. The number of phenolic OH excluding ortho intramolecular Hbond substituents is 3. The number of hydrogen-bond acceptors (Lipinski definition) is 35. The van der Waals surface area contributed by atoms with E-state index in [1.54, 1.807) is 18.9 Å². The predicted molar refractivity (Wildman–Crippen MR) is 463 cm³/mol. The number of carbonyl (C=O) groups is 9. The molecular formula is C86H105Cl2F3N14O30. The zero-order valence-electron chi connectivity index (χ0n) is 72.7. The smallest absolute Gasteiger partial charge is 0.508 e. The minimum Gasteiger partial charge on any atom is -0.508 e. The number of ether oxygens (including phenoxy) is 9. The highest BCUT2D eigenvalue weighted by atomic mass is 35.5. The van der Waals surface area contributed by atoms with E-state index in [4.69, 9.17) is 77.4 Å². The number of carbonyl (C=O) groups excluding carboxylic acids is 9. The number of phenols is 3. The maximum absolute atomic E-state index is 16.4. The first-order valence-corrected chi connectivity index (χ1v) is 43.2. The van der Waals surface area contributed by atoms with Crippen LogP contribution >= 0.6 is 23.2 Å². The lowest BCUT2D eigenvalue weighted by Gasteiger charge is -2.46. The Morgan fingerprint density at radius 1 is 0.674 bits per heavy atom. The molecule has 9 aliphatic rings. The Balaban J connectivity index is 0.00000814. The van der Waals surface area contributed by atoms with Gasteiger partial charge in [-0.1, -0.05) is 55.2 Å². The van der Waals surface area contributed by atoms with E-state index in [0.717, 1.165) is 72.8 Å². The second-order valence-corrected chi connectivity index (χ2v) is 34.5. The van der Waals surface area contributed by atoms with Gasteiger partial charge in [-0.05, 0) is 134 Å². The van der Waals surface area contributed by atoms with Gasteiger partial charge in [0.05, 0.1) is 41.3 Å². The number of urea groups is 1. The third-order valence-electron chi connectivity index (χ3n) is 23.3. The van der Waals surface area contributed by atoms with Crippen LogP contribution in [0.1, 0.15) is 105 Å². The third-order valence-corrected chi connectivity index (χ3v) is 23.9. The number of aliphatic hydroxyl groups is 9. The Kier molecular flexibility index (Phi) is 33.3. The first-order chi connectivity index (χ1) is 63.9. The van der Waals surface area contributed by atoms with Crippen LogP contribution in [0.4, 0.5) is 23.7 Å². The van der Waals surface area contributed by atoms with Gasteiger partial charge in [-0.3, -0.25) is 43.9 Å². The first kappa shape index (κ1) is 103. The number of piperazine rings is 1. The van der Waals surface area contributed by atoms with Gasteiger partial charge in [-0.25, -0.2) is 9.80 Å². The van der Waals surface area contributed by atoms with Crippen LogP contribution in [0.5, 0.6) is 51.7 Å². The van der Waals surface area contributed by atoms with Crippen molar-refractivity contribution in [1.82, 2.24) is 57.9 Å². The van der Waals surface area contributed by atoms with Crippen LogP contribution in [0.15, 0.2) is 103 Å². The second kappa shape index (κ2) is 43.8. The molecule has 135 heavy (non-hydrogen) atoms. The first-order valence-electron chi connectivity index (χ1n) is 42.4. The van der Waals surface area contributed by atoms with Crippen molar-refractivity contribution in [2.24, 2.45) is 17.4 Å². The summed E-state index contributed by atoms with van der Waals surface area (Å²) < 4.78 is 93.1. The molecule has 0 aliphatic carbocycles. The number of nitrogens with two attached hydrogens (primary N) is 2. The minimum atomic E-state index is -4.91. The molecule has 6 aromatic rings. The van der Waals surface area contributed by atoms with Crippen LogP contribution in [0.25, 0.3) is 11.1 Å². The number of amides is 9. The molecule has 9 aliphatic heterocycles. The fraction of sp³-hybridized carbons (Fsp3) is 0.477. The molecule has 9 heterocycles. The number of hydrogen-bond donors (Lipinski definition) is 24. The Morgan fingerprint density at radius 2 is 1.29 bits per heavy atom. The molecule has 4 fully saturated rings. The van der Waals surface area contributed by atoms with Gasteiger partial charge in [0.1, 0.15) is 133 Å². The van der Waals surface area contributed by atoms with Crippen molar-refractivity contribution in [2.45, 2.75) is 193 Å². The quantitative estimate of drug-likeness (QED) is 0.0380. The monoisotopic (exact) mass is 1940 g/mol. The Hall–Kier alpha value is -11.2. The van der Waals surface area contributed by atoms with Gasteiger partial charge in [-0.15, -0.1) is 13.2 Å². The van der Waals surface area contributed by atoms with Crippen LogP contribution in [0.2, 0.25) is 10.0 Å². The number of rotatable bonds is 22. The van der Waals surface area contributed by atoms with Crippen molar-refractivity contribution in [3.8, 4) is 62.9 Å². The van der Waals surface area contributed by atoms with Crippen molar-refractivity contribution in [1.29, 1.82) is 0 Å². The average Bonchev–Trinajstić information content (AvgIpc) is 0.767. The molecule has 15 rings (SSSR count). The number of likely N-dealkylation sites (N-methyl/N-ethyl adjacent to an activating group) is 1. The Morgan fingerprint density at radius 3 is 1.91 bits per heavy atom. The number of benzene rings is 6. The third kappa shape index (κ3) is 24.4. The van der Waals surface area contributed by atoms with Gasteiger partial charge in [0.25, 0.3) is 0 Å². The number of nitrogens with zero attached hydrogens (tertiary/aromatic N) is 2. The summed E-state index contributed by atoms with van der Waals surface area (Å²) in [6, 6.07) is 5.59. The Labute approximate surface area is 777 Å². The number of nitrogens with one attached hydrogen (secondary N) is 10. The molecule has 734 valence electrons. The van der Waals surface area contributed by atoms with E-state index in [1.165, 1.54) is 51.2 Å². The largest absolute Gasteiger partial charge is 0.573 e. The van der Waals surface area contributed by atoms with Crippen molar-refractivity contribution < 1.29 is 160 Å². The van der Waals surface area contributed by atoms with Gasteiger partial charge >= 0.3 is 12.4 Å². The van der Waals surface area contributed by atoms with Gasteiger partial charge in [0, 0.05) is 86.2 Å². The van der Waals surface area contributed by atoms with E-state index in [-0.39, 0.29) is 54.2 Å². The summed E-state index contributed by atoms with van der Waals surface area (Å²) in [6.45, 7) is 9.37. The number of primary amides is 1. The second-order valence-electron chi connectivity index (χ2n) is 33.6. The molecular weight excluding hydrogens is 1840 g/mol. The summed E-state index contributed by atoms with van der Waals surface area (Å²) in [5.41, 5.74) is 11.3. The molecule has 26 N–H and O–H groups in total. The molecule has 6 aromatic carbocycles. The van der Waals surface area contributed by atoms with Crippen molar-refractivity contribution in [3.63, 3.8) is 0 Å². The summed E-state index contributed by atoms with van der Waals surface area (Å²) in [5.74, 6) is -14.9. The maximum atomic E-state index is 16.4. The molecule has 9 amide bonds. The van der Waals surface area contributed by atoms with Gasteiger partial charge in [0.15, 0.2) is 30.3 Å². The Bertz CT molecular complexity index is 5290. The normalized spacial score (nSPS) is 29.3. The van der Waals surface area contributed by atoms with Crippen molar-refractivity contribution in [3.05, 3.63) is 141 Å². The van der Waals surface area contributed by atoms with E-state index in [2.05, 4.69) is 58.0 Å². The number of halogens is 5. The number of alkyl halides is 3. The van der Waals surface area contributed by atoms with Gasteiger partial charge in [-0.2, -0.15) is 0 Å². The molecule has 44 nitrogen and oxygen atoms in total. The van der Waals surface area contributed by atoms with Crippen LogP contribution in [-0.4, -0.2) is 301 Å². The van der Waals surface area contributed by atoms with Crippen LogP contribution in [-0.2, 0) is 62.0 Å². The standard InChI is InChI=1S/C85H103Cl2F3N14O29.CH2O/c1-34(2)22-47(93-5)75(118)99-62-64(110)37-7-14-51(45(86)24-37)126-53-26-39-27-54(71(53)131-82-69(115)67(113)72(56(33-105)129-82)132-81-68(114)66(112)65(111)55(128-81)32-94-16-17-103-18-20-104(21-19-103)102-83(124)95-40-9-11-42(12-10-40)133-85(88,89)90)127-52-15-8-38(25-46(52)87)70(130-58-31-84(4,92)73(116)35(3)125-58)63-80(123)101-74(117)44-28-41(106)29-50(108)59(44)43-23-36(6-13-49(43)107)60(77(120)100-63)98-78(121)61(39)97-76(119)48(30-57(91)109)96-79(62)122;1-2/h6-15,23-29,34-35,47-48,55-56,58,60-70,72-74,81-82,93-94,105-108,110-117H,16-22,30-33,92H2,1-5H3,(H2,91,109)(H,96,122)(H,97,119)(H,98,121)(H,99,118)(H,100,120)(H,101,123)(H2,95,102,124);1H2/t35-,47+,48-,55+,56+,58-,60-,61+,62?,63-,64+,65-,66-,67+,68+,69+,70+,72+,73-,74-,81-,82-,84-;/m0./s1. The molecule has 0 spiro atoms. The average molecular weight is 1940 g/mol. The molecule has 4 saturated heterocycles. The highest BCUT2D eigenvalue weighted by Gasteiger charge is 2.53. The number of hydrazine groups is 1. The van der Waals surface area contributed by atoms with Crippen LogP contribution in [0.3, 0.4) is 0 Å². The number of aromatic hydroxyl groups is 3. The summed E-state index contributed by atoms with van der Waals surface area (Å²) in [5, 5.41) is 165. The predicted octanol–water partition coefficient (Wildman–Crippen LogP) is -0.539. The number of anilines is 1. The molecule has 0 saturated carbocycles. The molecule has 23 atom stereocenters. The minimum absolute atomic E-state index is 0.135. The van der Waals surface area contributed by atoms with Crippen LogP contribution in [0, 0.1) is 5.92 Å². The molecule has 49 heteroatoms. The summed E-state index contributed by atoms with van der Waals surface area (Å²) in [7, 11) is 1.46. The topological polar surface area (TPSA) is 658 Å². The molecule has 0 radical (unpaired) electrons. The van der Waals surface area contributed by atoms with E-state index in [0.29, 0.717) is 32.7 Å². The highest BCUT2D eigenvalue weighted by Crippen LogP contribution is 2.50. The SMILES string of the molecule is C=O.CN[C@H](CC(C)C)C(=O)NC1C(=O)N[C@@H](CC(N)=O)C(=O)N[C@H]2C(=O)N[C@@H]3C(=O)N[C@H](C(=O)N[C@@H](O)c4cc(O)cc(O)c4-c4cc3ccc4O)[C@H](O[C@H]3C[C@](C)(N)[C@@H](O)[C@H](C)O3)c3ccc(c(Cl)c3)Oc3cc2cc(c3O[C@@H]2O[C@H](CO)[C@@H](O[C@@H]3O[C@H](CNCCN4CCN(NC(=O)Nc5ccc(OC(F)(F)F)cc5)CC4)[C@H](O)[C@H](O)[C@H]3O)[C@H](O)[C@H]2O)Oc2ccc(cc2Cl)[C@H]1O. The van der Waals surface area contributed by atoms with Gasteiger partial charge < -0.3 is 168 Å². The molecule has 11 bridgehead atoms. The summed E-state index contributed by atoms with van der Waals surface area (Å²) >= 11 is 14.5. The van der Waals surface area contributed by atoms with Gasteiger partial charge in [0.2, 0.25) is 53.4 Å². The van der Waals surface area contributed by atoms with E-state index >= 15 is 24.0 Å². The summed E-state index contributed by atoms with van der Waals surface area (Å²) in [4.78, 5) is 129. The van der Waals surface area contributed by atoms with E-state index in [1.807, 2.05) is 11.7 Å². The fourth-order valence-electron chi connectivity index (χ4n) is 16.4. The lowest BCUT2D eigenvalue weighted by molar-refractivity contribution is -0.350. The lowest BCUT2D eigenvalue weighted by Crippen LogP contribution is -2.65. The molecule has 0 aromatic heterocycles. The highest BCUT2D eigenvalue weighted by molar-refractivity contribution is 6.32. The number of fused-ring (bicyclic) bond motifs is 15. The number of aliphatic hydroxyl groups excluding tert-OH is 9. The van der Waals surface area contributed by atoms with Crippen molar-refractivity contribution in [2.75, 3.05) is 64.8 Å².